The van der Waals surface area contributed by atoms with Crippen LogP contribution in [0.1, 0.15) is 18.7 Å². The molecule has 0 amide bonds. The molecule has 4 heterocycles. The van der Waals surface area contributed by atoms with Crippen molar-refractivity contribution in [2.75, 3.05) is 13.1 Å². The first kappa shape index (κ1) is 16.6. The van der Waals surface area contributed by atoms with E-state index >= 15 is 0 Å². The van der Waals surface area contributed by atoms with E-state index in [-0.39, 0.29) is 5.56 Å². The van der Waals surface area contributed by atoms with Crippen LogP contribution in [0.2, 0.25) is 0 Å². The van der Waals surface area contributed by atoms with Crippen molar-refractivity contribution in [1.29, 1.82) is 0 Å². The van der Waals surface area contributed by atoms with Crippen LogP contribution in [0.15, 0.2) is 52.4 Å². The summed E-state index contributed by atoms with van der Waals surface area (Å²) in [5.41, 5.74) is 1.70. The Hall–Kier alpha value is -2.87. The van der Waals surface area contributed by atoms with Gasteiger partial charge in [0.1, 0.15) is 0 Å². The topological polar surface area (TPSA) is 89.9 Å². The Morgan fingerprint density at radius 3 is 2.65 bits per heavy atom. The molecule has 0 bridgehead atoms. The van der Waals surface area contributed by atoms with Crippen LogP contribution < -0.4 is 5.56 Å². The number of rotatable bonds is 5. The minimum absolute atomic E-state index is 0.0583. The quantitative estimate of drug-likeness (QED) is 0.689. The summed E-state index contributed by atoms with van der Waals surface area (Å²) in [4.78, 5) is 22.6. The number of aromatic nitrogens is 5. The second-order valence-electron chi connectivity index (χ2n) is 6.54. The molecule has 1 saturated heterocycles. The highest BCUT2D eigenvalue weighted by molar-refractivity contribution is 5.56. The first-order valence-corrected chi connectivity index (χ1v) is 8.74. The SMILES string of the molecule is O=c1ccc(-c2ccncc2)nn1CC1CCN(Cc2ncon2)CC1. The zero-order valence-electron chi connectivity index (χ0n) is 14.4. The van der Waals surface area contributed by atoms with Crippen LogP contribution >= 0.6 is 0 Å². The summed E-state index contributed by atoms with van der Waals surface area (Å²) in [5.74, 6) is 1.15. The fraction of sp³-hybridized carbons (Fsp3) is 0.389. The van der Waals surface area contributed by atoms with Crippen LogP contribution in [-0.2, 0) is 13.1 Å². The van der Waals surface area contributed by atoms with Gasteiger partial charge in [0.05, 0.1) is 12.2 Å². The maximum atomic E-state index is 12.2. The number of hydrogen-bond acceptors (Lipinski definition) is 7. The van der Waals surface area contributed by atoms with Gasteiger partial charge in [-0.05, 0) is 50.0 Å². The van der Waals surface area contributed by atoms with Crippen LogP contribution in [0.3, 0.4) is 0 Å². The molecule has 1 fully saturated rings. The van der Waals surface area contributed by atoms with Crippen molar-refractivity contribution in [3.05, 3.63) is 59.2 Å². The molecule has 1 aliphatic heterocycles. The number of nitrogens with zero attached hydrogens (tertiary/aromatic N) is 6. The summed E-state index contributed by atoms with van der Waals surface area (Å²) in [6.45, 7) is 3.27. The zero-order chi connectivity index (χ0) is 17.8. The maximum absolute atomic E-state index is 12.2. The smallest absolute Gasteiger partial charge is 0.266 e. The predicted octanol–water partition coefficient (Wildman–Crippen LogP) is 1.60. The van der Waals surface area contributed by atoms with Gasteiger partial charge in [-0.25, -0.2) is 4.68 Å². The van der Waals surface area contributed by atoms with Crippen molar-refractivity contribution in [2.24, 2.45) is 5.92 Å². The van der Waals surface area contributed by atoms with Crippen molar-refractivity contribution in [2.45, 2.75) is 25.9 Å². The van der Waals surface area contributed by atoms with Gasteiger partial charge in [0, 0.05) is 30.6 Å². The molecule has 134 valence electrons. The third-order valence-corrected chi connectivity index (χ3v) is 4.75. The van der Waals surface area contributed by atoms with E-state index in [2.05, 4.69) is 25.1 Å². The largest absolute Gasteiger partial charge is 0.343 e. The highest BCUT2D eigenvalue weighted by Gasteiger charge is 2.21. The molecule has 0 saturated carbocycles. The molecule has 0 unspecified atom stereocenters. The maximum Gasteiger partial charge on any atom is 0.266 e. The van der Waals surface area contributed by atoms with Gasteiger partial charge in [0.2, 0.25) is 6.39 Å². The predicted molar refractivity (Wildman–Crippen MR) is 94.0 cm³/mol. The van der Waals surface area contributed by atoms with Gasteiger partial charge in [-0.1, -0.05) is 5.16 Å². The van der Waals surface area contributed by atoms with E-state index in [0.29, 0.717) is 24.8 Å². The Morgan fingerprint density at radius 2 is 1.92 bits per heavy atom. The van der Waals surface area contributed by atoms with E-state index in [1.165, 1.54) is 6.39 Å². The van der Waals surface area contributed by atoms with E-state index in [1.54, 1.807) is 29.2 Å². The number of piperidine rings is 1. The highest BCUT2D eigenvalue weighted by Crippen LogP contribution is 2.20. The molecule has 0 N–H and O–H groups in total. The molecule has 8 nitrogen and oxygen atoms in total. The molecular weight excluding hydrogens is 332 g/mol. The average Bonchev–Trinajstić information content (AvgIpc) is 3.19. The lowest BCUT2D eigenvalue weighted by atomic mass is 9.97. The van der Waals surface area contributed by atoms with E-state index in [4.69, 9.17) is 4.52 Å². The summed E-state index contributed by atoms with van der Waals surface area (Å²) in [7, 11) is 0. The molecule has 3 aromatic heterocycles. The van der Waals surface area contributed by atoms with Gasteiger partial charge in [-0.3, -0.25) is 14.7 Å². The number of likely N-dealkylation sites (tertiary alicyclic amines) is 1. The van der Waals surface area contributed by atoms with Gasteiger partial charge in [-0.15, -0.1) is 0 Å². The van der Waals surface area contributed by atoms with Crippen molar-refractivity contribution in [3.8, 4) is 11.3 Å². The van der Waals surface area contributed by atoms with Crippen molar-refractivity contribution in [1.82, 2.24) is 29.8 Å². The van der Waals surface area contributed by atoms with E-state index in [9.17, 15) is 4.79 Å². The molecule has 3 aromatic rings. The first-order chi connectivity index (χ1) is 12.8. The minimum atomic E-state index is -0.0583. The fourth-order valence-corrected chi connectivity index (χ4v) is 3.29. The Morgan fingerprint density at radius 1 is 1.12 bits per heavy atom. The van der Waals surface area contributed by atoms with Gasteiger partial charge >= 0.3 is 0 Å². The normalized spacial score (nSPS) is 16.0. The molecule has 0 aromatic carbocycles. The lowest BCUT2D eigenvalue weighted by molar-refractivity contribution is 0.159. The standard InChI is InChI=1S/C18H20N6O2/c25-18-2-1-16(15-3-7-19-8-4-15)21-24(18)11-14-5-9-23(10-6-14)12-17-20-13-26-22-17/h1-4,7-8,13-14H,5-6,9-12H2. The van der Waals surface area contributed by atoms with Crippen LogP contribution in [0.5, 0.6) is 0 Å². The minimum Gasteiger partial charge on any atom is -0.343 e. The molecular formula is C18H20N6O2. The highest BCUT2D eigenvalue weighted by atomic mass is 16.5. The molecule has 26 heavy (non-hydrogen) atoms. The summed E-state index contributed by atoms with van der Waals surface area (Å²) in [6.07, 6.45) is 6.85. The summed E-state index contributed by atoms with van der Waals surface area (Å²) < 4.78 is 6.37. The van der Waals surface area contributed by atoms with Crippen LogP contribution in [0.25, 0.3) is 11.3 Å². The van der Waals surface area contributed by atoms with Gasteiger partial charge in [-0.2, -0.15) is 10.1 Å². The van der Waals surface area contributed by atoms with E-state index in [0.717, 1.165) is 37.2 Å². The monoisotopic (exact) mass is 352 g/mol. The molecule has 8 heteroatoms. The number of hydrogen-bond donors (Lipinski definition) is 0. The fourth-order valence-electron chi connectivity index (χ4n) is 3.29. The van der Waals surface area contributed by atoms with Crippen molar-refractivity contribution < 1.29 is 4.52 Å². The zero-order valence-corrected chi connectivity index (χ0v) is 14.4. The van der Waals surface area contributed by atoms with Gasteiger partial charge in [0.15, 0.2) is 5.82 Å². The third kappa shape index (κ3) is 3.85. The van der Waals surface area contributed by atoms with E-state index in [1.807, 2.05) is 12.1 Å². The second kappa shape index (κ2) is 7.57. The Labute approximate surface area is 150 Å². The molecule has 0 spiro atoms. The van der Waals surface area contributed by atoms with Crippen LogP contribution in [-0.4, -0.2) is 42.9 Å². The average molecular weight is 352 g/mol. The number of pyridine rings is 1. The third-order valence-electron chi connectivity index (χ3n) is 4.75. The van der Waals surface area contributed by atoms with Crippen LogP contribution in [0.4, 0.5) is 0 Å². The summed E-state index contributed by atoms with van der Waals surface area (Å²) >= 11 is 0. The second-order valence-corrected chi connectivity index (χ2v) is 6.54. The Kier molecular flexibility index (Phi) is 4.83. The summed E-state index contributed by atoms with van der Waals surface area (Å²) in [6, 6.07) is 7.15. The van der Waals surface area contributed by atoms with Gasteiger partial charge < -0.3 is 4.52 Å². The lowest BCUT2D eigenvalue weighted by Gasteiger charge is -2.31. The molecule has 0 atom stereocenters. The van der Waals surface area contributed by atoms with Crippen molar-refractivity contribution in [3.63, 3.8) is 0 Å². The molecule has 4 rings (SSSR count). The molecule has 0 aliphatic carbocycles. The van der Waals surface area contributed by atoms with Gasteiger partial charge in [0.25, 0.3) is 5.56 Å². The summed E-state index contributed by atoms with van der Waals surface area (Å²) in [5, 5.41) is 8.41. The van der Waals surface area contributed by atoms with Crippen molar-refractivity contribution >= 4 is 0 Å². The Balaban J connectivity index is 1.39. The molecule has 0 radical (unpaired) electrons. The Bertz CT molecular complexity index is 886. The van der Waals surface area contributed by atoms with E-state index < -0.39 is 0 Å². The lowest BCUT2D eigenvalue weighted by Crippen LogP contribution is -2.36. The first-order valence-electron chi connectivity index (χ1n) is 8.74. The van der Waals surface area contributed by atoms with Crippen LogP contribution in [0, 0.1) is 5.92 Å². The molecule has 1 aliphatic rings.